The lowest BCUT2D eigenvalue weighted by Gasteiger charge is -1.94. The Labute approximate surface area is 120 Å². The van der Waals surface area contributed by atoms with E-state index < -0.39 is 0 Å². The van der Waals surface area contributed by atoms with Gasteiger partial charge in [0.25, 0.3) is 5.89 Å². The summed E-state index contributed by atoms with van der Waals surface area (Å²) < 4.78 is 5.39. The summed E-state index contributed by atoms with van der Waals surface area (Å²) in [5, 5.41) is 4.05. The van der Waals surface area contributed by atoms with Crippen molar-refractivity contribution in [3.8, 4) is 22.2 Å². The molecule has 0 spiro atoms. The van der Waals surface area contributed by atoms with Crippen LogP contribution < -0.4 is 5.73 Å². The summed E-state index contributed by atoms with van der Waals surface area (Å²) >= 11 is 1.77. The number of nitrogens with zero attached hydrogens (tertiary/aromatic N) is 2. The van der Waals surface area contributed by atoms with Crippen LogP contribution in [-0.4, -0.2) is 10.1 Å². The largest absolute Gasteiger partial charge is 0.399 e. The highest BCUT2D eigenvalue weighted by atomic mass is 32.1. The molecule has 0 saturated carbocycles. The van der Waals surface area contributed by atoms with Crippen LogP contribution in [0.2, 0.25) is 0 Å². The van der Waals surface area contributed by atoms with E-state index in [1.54, 1.807) is 11.3 Å². The molecule has 0 amide bonds. The van der Waals surface area contributed by atoms with E-state index in [0.717, 1.165) is 16.1 Å². The van der Waals surface area contributed by atoms with Gasteiger partial charge in [0.05, 0.1) is 4.88 Å². The minimum absolute atomic E-state index is 0.605. The Bertz CT molecular complexity index is 736. The van der Waals surface area contributed by atoms with Crippen LogP contribution in [0.15, 0.2) is 34.9 Å². The van der Waals surface area contributed by atoms with Crippen LogP contribution in [0.3, 0.4) is 0 Å². The summed E-state index contributed by atoms with van der Waals surface area (Å²) in [6.45, 7) is 0. The summed E-state index contributed by atoms with van der Waals surface area (Å²) in [5.74, 6) is 1.21. The normalized spacial score (nSPS) is 13.6. The van der Waals surface area contributed by atoms with Gasteiger partial charge in [0.1, 0.15) is 0 Å². The zero-order valence-electron chi connectivity index (χ0n) is 10.8. The van der Waals surface area contributed by atoms with E-state index in [0.29, 0.717) is 11.7 Å². The number of anilines is 1. The Morgan fingerprint density at radius 3 is 2.80 bits per heavy atom. The third-order valence-electron chi connectivity index (χ3n) is 3.55. The van der Waals surface area contributed by atoms with Gasteiger partial charge in [0.2, 0.25) is 5.82 Å². The molecule has 5 heteroatoms. The van der Waals surface area contributed by atoms with Gasteiger partial charge in [0, 0.05) is 16.1 Å². The second-order valence-electron chi connectivity index (χ2n) is 4.96. The molecule has 0 saturated heterocycles. The zero-order valence-corrected chi connectivity index (χ0v) is 11.6. The lowest BCUT2D eigenvalue weighted by molar-refractivity contribution is 0.433. The van der Waals surface area contributed by atoms with Gasteiger partial charge in [-0.05, 0) is 55.2 Å². The number of hydrogen-bond donors (Lipinski definition) is 1. The number of nitrogen functional groups attached to an aromatic ring is 1. The van der Waals surface area contributed by atoms with E-state index in [1.807, 2.05) is 24.3 Å². The van der Waals surface area contributed by atoms with E-state index >= 15 is 0 Å². The molecule has 0 unspecified atom stereocenters. The van der Waals surface area contributed by atoms with E-state index in [9.17, 15) is 0 Å². The summed E-state index contributed by atoms with van der Waals surface area (Å²) in [5.41, 5.74) is 8.77. The fraction of sp³-hybridized carbons (Fsp3) is 0.200. The third-order valence-corrected chi connectivity index (χ3v) is 4.78. The Hall–Kier alpha value is -2.14. The number of fused-ring (bicyclic) bond motifs is 1. The molecule has 0 bridgehead atoms. The smallest absolute Gasteiger partial charge is 0.268 e. The Kier molecular flexibility index (Phi) is 2.60. The Balaban J connectivity index is 1.68. The quantitative estimate of drug-likeness (QED) is 0.731. The predicted molar refractivity (Wildman–Crippen MR) is 79.5 cm³/mol. The number of aromatic nitrogens is 2. The summed E-state index contributed by atoms with van der Waals surface area (Å²) in [6, 6.07) is 9.67. The van der Waals surface area contributed by atoms with E-state index in [4.69, 9.17) is 10.3 Å². The number of benzene rings is 1. The molecule has 3 aromatic rings. The first-order chi connectivity index (χ1) is 9.79. The van der Waals surface area contributed by atoms with Crippen molar-refractivity contribution in [2.45, 2.75) is 19.3 Å². The van der Waals surface area contributed by atoms with Crippen molar-refractivity contribution in [3.05, 3.63) is 40.8 Å². The molecule has 0 atom stereocenters. The second kappa shape index (κ2) is 4.45. The van der Waals surface area contributed by atoms with Crippen LogP contribution >= 0.6 is 11.3 Å². The fourth-order valence-electron chi connectivity index (χ4n) is 2.51. The van der Waals surface area contributed by atoms with Crippen LogP contribution in [0.25, 0.3) is 22.2 Å². The number of hydrogen-bond acceptors (Lipinski definition) is 5. The number of aryl methyl sites for hydroxylation is 2. The van der Waals surface area contributed by atoms with Crippen molar-refractivity contribution in [2.24, 2.45) is 0 Å². The fourth-order valence-corrected chi connectivity index (χ4v) is 3.68. The molecule has 4 nitrogen and oxygen atoms in total. The number of rotatable bonds is 2. The maximum absolute atomic E-state index is 5.68. The van der Waals surface area contributed by atoms with Crippen LogP contribution in [0.1, 0.15) is 16.9 Å². The predicted octanol–water partition coefficient (Wildman–Crippen LogP) is 3.54. The minimum Gasteiger partial charge on any atom is -0.399 e. The Morgan fingerprint density at radius 2 is 2.00 bits per heavy atom. The highest BCUT2D eigenvalue weighted by Gasteiger charge is 2.19. The minimum atomic E-state index is 0.605. The van der Waals surface area contributed by atoms with Crippen LogP contribution in [0.5, 0.6) is 0 Å². The lowest BCUT2D eigenvalue weighted by atomic mass is 10.2. The summed E-state index contributed by atoms with van der Waals surface area (Å²) in [7, 11) is 0. The average Bonchev–Trinajstić information content (AvgIpc) is 3.14. The first kappa shape index (κ1) is 11.7. The van der Waals surface area contributed by atoms with Gasteiger partial charge < -0.3 is 10.3 Å². The molecule has 1 aliphatic carbocycles. The highest BCUT2D eigenvalue weighted by Crippen LogP contribution is 2.36. The van der Waals surface area contributed by atoms with Gasteiger partial charge in [-0.15, -0.1) is 11.3 Å². The SMILES string of the molecule is Nc1ccc(-c2noc(-c3cc4c(s3)CCC4)n2)cc1. The van der Waals surface area contributed by atoms with E-state index in [-0.39, 0.29) is 0 Å². The van der Waals surface area contributed by atoms with Gasteiger partial charge in [-0.3, -0.25) is 0 Å². The van der Waals surface area contributed by atoms with Crippen molar-refractivity contribution in [1.29, 1.82) is 0 Å². The van der Waals surface area contributed by atoms with Gasteiger partial charge >= 0.3 is 0 Å². The zero-order chi connectivity index (χ0) is 13.5. The topological polar surface area (TPSA) is 64.9 Å². The molecule has 20 heavy (non-hydrogen) atoms. The van der Waals surface area contributed by atoms with Crippen LogP contribution in [0, 0.1) is 0 Å². The average molecular weight is 283 g/mol. The van der Waals surface area contributed by atoms with Gasteiger partial charge in [0.15, 0.2) is 0 Å². The first-order valence-electron chi connectivity index (χ1n) is 6.61. The number of nitrogens with two attached hydrogens (primary N) is 1. The lowest BCUT2D eigenvalue weighted by Crippen LogP contribution is -1.85. The van der Waals surface area contributed by atoms with Crippen molar-refractivity contribution in [2.75, 3.05) is 5.73 Å². The molecule has 1 aromatic carbocycles. The van der Waals surface area contributed by atoms with Crippen molar-refractivity contribution in [3.63, 3.8) is 0 Å². The van der Waals surface area contributed by atoms with E-state index in [2.05, 4.69) is 16.2 Å². The summed E-state index contributed by atoms with van der Waals surface area (Å²) in [4.78, 5) is 7.02. The monoisotopic (exact) mass is 283 g/mol. The molecular weight excluding hydrogens is 270 g/mol. The standard InChI is InChI=1S/C15H13N3OS/c16-11-6-4-9(5-7-11)14-17-15(19-18-14)13-8-10-2-1-3-12(10)20-13/h4-8H,1-3,16H2. The number of thiophene rings is 1. The third kappa shape index (κ3) is 1.91. The molecule has 2 N–H and O–H groups in total. The molecule has 100 valence electrons. The molecule has 1 aliphatic rings. The van der Waals surface area contributed by atoms with Crippen molar-refractivity contribution >= 4 is 17.0 Å². The van der Waals surface area contributed by atoms with Gasteiger partial charge in [-0.25, -0.2) is 0 Å². The molecule has 0 fully saturated rings. The molecular formula is C15H13N3OS. The molecule has 2 aromatic heterocycles. The van der Waals surface area contributed by atoms with Gasteiger partial charge in [-0.2, -0.15) is 4.98 Å². The molecule has 4 rings (SSSR count). The van der Waals surface area contributed by atoms with Gasteiger partial charge in [-0.1, -0.05) is 5.16 Å². The first-order valence-corrected chi connectivity index (χ1v) is 7.43. The van der Waals surface area contributed by atoms with Crippen molar-refractivity contribution < 1.29 is 4.52 Å². The molecule has 0 radical (unpaired) electrons. The molecule has 2 heterocycles. The second-order valence-corrected chi connectivity index (χ2v) is 6.09. The van der Waals surface area contributed by atoms with Crippen LogP contribution in [0.4, 0.5) is 5.69 Å². The van der Waals surface area contributed by atoms with Crippen LogP contribution in [-0.2, 0) is 12.8 Å². The summed E-state index contributed by atoms with van der Waals surface area (Å²) in [6.07, 6.45) is 3.62. The molecule has 0 aliphatic heterocycles. The van der Waals surface area contributed by atoms with Crippen molar-refractivity contribution in [1.82, 2.24) is 10.1 Å². The maximum atomic E-state index is 5.68. The Morgan fingerprint density at radius 1 is 1.15 bits per heavy atom. The maximum Gasteiger partial charge on any atom is 0.268 e. The van der Waals surface area contributed by atoms with E-state index in [1.165, 1.54) is 29.7 Å². The highest BCUT2D eigenvalue weighted by molar-refractivity contribution is 7.15.